The standard InChI is InChI=1S/C16H16ClF3N4OS2/c1-15(2,3)27(25)23-13(16(18,19)20)12-11(9-4-6-10(17)7-5-9)24-14(26-12)21-8-22-24/h4-8,13,23H,1-3H3/t13-,27-/m0/s1. The number of benzene rings is 1. The largest absolute Gasteiger partial charge is 0.409 e. The molecule has 0 fully saturated rings. The summed E-state index contributed by atoms with van der Waals surface area (Å²) in [5.74, 6) is 0. The van der Waals surface area contributed by atoms with Crippen molar-refractivity contribution in [2.45, 2.75) is 37.7 Å². The summed E-state index contributed by atoms with van der Waals surface area (Å²) in [6.07, 6.45) is -3.39. The van der Waals surface area contributed by atoms with Crippen molar-refractivity contribution in [2.24, 2.45) is 0 Å². The molecule has 0 aliphatic carbocycles. The molecule has 0 amide bonds. The SMILES string of the molecule is CC(C)(C)[S@](=O)N[C@@H](c1sc2ncnn2c1-c1ccc(Cl)cc1)C(F)(F)F. The Morgan fingerprint density at radius 3 is 2.41 bits per heavy atom. The Bertz CT molecular complexity index is 976. The zero-order valence-corrected chi connectivity index (χ0v) is 16.9. The second-order valence-electron chi connectivity index (χ2n) is 6.75. The molecule has 0 saturated carbocycles. The fourth-order valence-electron chi connectivity index (χ4n) is 2.33. The maximum atomic E-state index is 13.9. The van der Waals surface area contributed by atoms with E-state index in [0.717, 1.165) is 11.3 Å². The van der Waals surface area contributed by atoms with Crippen molar-refractivity contribution in [2.75, 3.05) is 0 Å². The summed E-state index contributed by atoms with van der Waals surface area (Å²) in [6, 6.07) is 4.28. The third-order valence-electron chi connectivity index (χ3n) is 3.65. The summed E-state index contributed by atoms with van der Waals surface area (Å²) in [7, 11) is -1.93. The van der Waals surface area contributed by atoms with Gasteiger partial charge in [0.1, 0.15) is 6.33 Å². The number of nitrogens with one attached hydrogen (secondary N) is 1. The van der Waals surface area contributed by atoms with Crippen molar-refractivity contribution in [1.82, 2.24) is 19.3 Å². The van der Waals surface area contributed by atoms with E-state index in [2.05, 4.69) is 14.8 Å². The maximum absolute atomic E-state index is 13.9. The highest BCUT2D eigenvalue weighted by Crippen LogP contribution is 2.42. The fourth-order valence-corrected chi connectivity index (χ4v) is 4.48. The van der Waals surface area contributed by atoms with E-state index in [-0.39, 0.29) is 10.6 Å². The molecule has 0 spiro atoms. The second-order valence-corrected chi connectivity index (χ2v) is 10.2. The van der Waals surface area contributed by atoms with Gasteiger partial charge in [-0.1, -0.05) is 35.1 Å². The molecule has 1 aromatic carbocycles. The van der Waals surface area contributed by atoms with E-state index in [4.69, 9.17) is 11.6 Å². The highest BCUT2D eigenvalue weighted by Gasteiger charge is 2.46. The van der Waals surface area contributed by atoms with Gasteiger partial charge >= 0.3 is 6.18 Å². The van der Waals surface area contributed by atoms with E-state index in [1.54, 1.807) is 45.0 Å². The van der Waals surface area contributed by atoms with Crippen molar-refractivity contribution in [3.05, 3.63) is 40.5 Å². The van der Waals surface area contributed by atoms with Crippen LogP contribution in [-0.2, 0) is 11.0 Å². The Morgan fingerprint density at radius 1 is 1.22 bits per heavy atom. The summed E-state index contributed by atoms with van der Waals surface area (Å²) in [5.41, 5.74) is 0.744. The molecule has 5 nitrogen and oxygen atoms in total. The average molecular weight is 437 g/mol. The van der Waals surface area contributed by atoms with Gasteiger partial charge in [0.15, 0.2) is 6.04 Å². The van der Waals surface area contributed by atoms with Crippen LogP contribution in [0.1, 0.15) is 31.7 Å². The van der Waals surface area contributed by atoms with Gasteiger partial charge in [-0.2, -0.15) is 18.3 Å². The molecule has 2 aromatic heterocycles. The third-order valence-corrected chi connectivity index (χ3v) is 6.58. The van der Waals surface area contributed by atoms with Gasteiger partial charge in [-0.05, 0) is 32.9 Å². The lowest BCUT2D eigenvalue weighted by atomic mass is 10.1. The Hall–Kier alpha value is -1.49. The first-order valence-electron chi connectivity index (χ1n) is 7.81. The molecule has 1 N–H and O–H groups in total. The molecule has 3 rings (SSSR count). The molecular weight excluding hydrogens is 421 g/mol. The van der Waals surface area contributed by atoms with Crippen LogP contribution in [0.2, 0.25) is 5.02 Å². The van der Waals surface area contributed by atoms with Gasteiger partial charge in [-0.15, -0.1) is 0 Å². The normalized spacial score (nSPS) is 15.2. The van der Waals surface area contributed by atoms with Gasteiger partial charge in [0.05, 0.1) is 26.3 Å². The number of thiazole rings is 1. The highest BCUT2D eigenvalue weighted by molar-refractivity contribution is 7.84. The number of halogens is 4. The van der Waals surface area contributed by atoms with Crippen LogP contribution in [0.4, 0.5) is 13.2 Å². The lowest BCUT2D eigenvalue weighted by Gasteiger charge is -2.25. The zero-order valence-electron chi connectivity index (χ0n) is 14.5. The van der Waals surface area contributed by atoms with Crippen LogP contribution in [0.15, 0.2) is 30.6 Å². The number of fused-ring (bicyclic) bond motifs is 1. The zero-order chi connectivity index (χ0) is 20.0. The Balaban J connectivity index is 2.18. The molecule has 3 aromatic rings. The minimum absolute atomic E-state index is 0.0574. The van der Waals surface area contributed by atoms with Crippen LogP contribution >= 0.6 is 22.9 Å². The molecule has 2 heterocycles. The Kier molecular flexibility index (Phi) is 5.37. The Morgan fingerprint density at radius 2 is 1.85 bits per heavy atom. The topological polar surface area (TPSA) is 59.3 Å². The number of rotatable bonds is 4. The molecule has 0 radical (unpaired) electrons. The van der Waals surface area contributed by atoms with Gasteiger partial charge in [0.2, 0.25) is 4.96 Å². The first kappa shape index (κ1) is 20.2. The summed E-state index contributed by atoms with van der Waals surface area (Å²) in [6.45, 7) is 4.81. The maximum Gasteiger partial charge on any atom is 0.409 e. The third kappa shape index (κ3) is 4.18. The molecular formula is C16H16ClF3N4OS2. The molecule has 0 unspecified atom stereocenters. The lowest BCUT2D eigenvalue weighted by Crippen LogP contribution is -2.41. The molecule has 11 heteroatoms. The van der Waals surface area contributed by atoms with Crippen LogP contribution in [0.5, 0.6) is 0 Å². The van der Waals surface area contributed by atoms with Crippen molar-refractivity contribution in [3.63, 3.8) is 0 Å². The van der Waals surface area contributed by atoms with Gasteiger partial charge < -0.3 is 0 Å². The fraction of sp³-hybridized carbons (Fsp3) is 0.375. The Labute approximate surface area is 165 Å². The molecule has 2 atom stereocenters. The van der Waals surface area contributed by atoms with E-state index in [0.29, 0.717) is 15.5 Å². The number of hydrogen-bond donors (Lipinski definition) is 1. The summed E-state index contributed by atoms with van der Waals surface area (Å²) in [4.78, 5) is 4.26. The summed E-state index contributed by atoms with van der Waals surface area (Å²) in [5, 5.41) is 4.51. The van der Waals surface area contributed by atoms with E-state index in [1.807, 2.05) is 0 Å². The van der Waals surface area contributed by atoms with Crippen LogP contribution in [-0.4, -0.2) is 29.7 Å². The van der Waals surface area contributed by atoms with Crippen molar-refractivity contribution < 1.29 is 17.4 Å². The molecule has 146 valence electrons. The second kappa shape index (κ2) is 7.16. The molecule has 0 aliphatic heterocycles. The van der Waals surface area contributed by atoms with Crippen molar-refractivity contribution in [1.29, 1.82) is 0 Å². The monoisotopic (exact) mass is 436 g/mol. The van der Waals surface area contributed by atoms with Gasteiger partial charge in [-0.25, -0.2) is 18.4 Å². The molecule has 0 aliphatic rings. The lowest BCUT2D eigenvalue weighted by molar-refractivity contribution is -0.152. The van der Waals surface area contributed by atoms with Crippen LogP contribution in [0.3, 0.4) is 0 Å². The van der Waals surface area contributed by atoms with Gasteiger partial charge in [-0.3, -0.25) is 0 Å². The predicted molar refractivity (Wildman–Crippen MR) is 101 cm³/mol. The predicted octanol–water partition coefficient (Wildman–Crippen LogP) is 4.77. The van der Waals surface area contributed by atoms with E-state index in [1.165, 1.54) is 10.8 Å². The molecule has 0 saturated heterocycles. The van der Waals surface area contributed by atoms with Crippen LogP contribution in [0.25, 0.3) is 16.2 Å². The first-order chi connectivity index (χ1) is 12.5. The average Bonchev–Trinajstić information content (AvgIpc) is 3.12. The number of hydrogen-bond acceptors (Lipinski definition) is 4. The number of aromatic nitrogens is 3. The molecule has 0 bridgehead atoms. The van der Waals surface area contributed by atoms with Gasteiger partial charge in [0.25, 0.3) is 0 Å². The molecule has 27 heavy (non-hydrogen) atoms. The number of nitrogens with zero attached hydrogens (tertiary/aromatic N) is 3. The smallest absolute Gasteiger partial charge is 0.242 e. The van der Waals surface area contributed by atoms with Gasteiger partial charge in [0, 0.05) is 10.6 Å². The van der Waals surface area contributed by atoms with Crippen LogP contribution in [0, 0.1) is 0 Å². The van der Waals surface area contributed by atoms with E-state index >= 15 is 0 Å². The highest BCUT2D eigenvalue weighted by atomic mass is 35.5. The van der Waals surface area contributed by atoms with E-state index in [9.17, 15) is 17.4 Å². The summed E-state index contributed by atoms with van der Waals surface area (Å²) < 4.78 is 56.8. The minimum atomic E-state index is -4.66. The van der Waals surface area contributed by atoms with Crippen LogP contribution < -0.4 is 4.72 Å². The minimum Gasteiger partial charge on any atom is -0.242 e. The summed E-state index contributed by atoms with van der Waals surface area (Å²) >= 11 is 6.76. The van der Waals surface area contributed by atoms with Crippen molar-refractivity contribution >= 4 is 38.9 Å². The van der Waals surface area contributed by atoms with Crippen molar-refractivity contribution in [3.8, 4) is 11.3 Å². The van der Waals surface area contributed by atoms with E-state index < -0.39 is 28.0 Å². The quantitative estimate of drug-likeness (QED) is 0.641. The first-order valence-corrected chi connectivity index (χ1v) is 10.2. The number of alkyl halides is 3.